The molecule has 0 radical (unpaired) electrons. The number of fused-ring (bicyclic) bond motifs is 1. The fourth-order valence-electron chi connectivity index (χ4n) is 2.54. The summed E-state index contributed by atoms with van der Waals surface area (Å²) < 4.78 is 11.5. The van der Waals surface area contributed by atoms with Crippen molar-refractivity contribution in [2.45, 2.75) is 38.8 Å². The molecule has 1 N–H and O–H groups in total. The van der Waals surface area contributed by atoms with E-state index in [1.54, 1.807) is 0 Å². The number of likely N-dealkylation sites (N-methyl/N-ethyl adjacent to an activating group) is 2. The van der Waals surface area contributed by atoms with Crippen LogP contribution in [0.1, 0.15) is 38.3 Å². The van der Waals surface area contributed by atoms with Gasteiger partial charge in [-0.25, -0.2) is 0 Å². The van der Waals surface area contributed by atoms with Crippen LogP contribution in [0.25, 0.3) is 0 Å². The normalized spacial score (nSPS) is 17.4. The molecule has 2 unspecified atom stereocenters. The van der Waals surface area contributed by atoms with E-state index in [0.717, 1.165) is 44.1 Å². The Bertz CT molecular complexity index is 450. The van der Waals surface area contributed by atoms with Gasteiger partial charge in [-0.2, -0.15) is 0 Å². The van der Waals surface area contributed by atoms with Gasteiger partial charge in [-0.1, -0.05) is 13.0 Å². The molecule has 0 amide bonds. The quantitative estimate of drug-likeness (QED) is 0.874. The molecule has 0 saturated heterocycles. The highest BCUT2D eigenvalue weighted by atomic mass is 16.5. The first-order valence-corrected chi connectivity index (χ1v) is 7.92. The van der Waals surface area contributed by atoms with Crippen molar-refractivity contribution in [3.8, 4) is 11.5 Å². The van der Waals surface area contributed by atoms with E-state index in [1.165, 1.54) is 5.56 Å². The van der Waals surface area contributed by atoms with E-state index in [4.69, 9.17) is 9.47 Å². The molecule has 118 valence electrons. The Labute approximate surface area is 128 Å². The van der Waals surface area contributed by atoms with Crippen molar-refractivity contribution in [3.05, 3.63) is 23.8 Å². The molecule has 0 bridgehead atoms. The first-order valence-electron chi connectivity index (χ1n) is 7.92. The van der Waals surface area contributed by atoms with Crippen molar-refractivity contribution in [2.75, 3.05) is 33.9 Å². The third kappa shape index (κ3) is 4.11. The zero-order valence-electron chi connectivity index (χ0n) is 13.7. The minimum Gasteiger partial charge on any atom is -0.490 e. The first-order chi connectivity index (χ1) is 10.2. The first kappa shape index (κ1) is 16.1. The fraction of sp³-hybridized carbons (Fsp3) is 0.647. The lowest BCUT2D eigenvalue weighted by molar-refractivity contribution is 0.227. The summed E-state index contributed by atoms with van der Waals surface area (Å²) in [5.74, 6) is 1.73. The van der Waals surface area contributed by atoms with E-state index >= 15 is 0 Å². The van der Waals surface area contributed by atoms with Crippen LogP contribution in [-0.2, 0) is 0 Å². The molecular formula is C17H28N2O2. The molecule has 1 heterocycles. The number of nitrogens with one attached hydrogen (secondary N) is 1. The average molecular weight is 292 g/mol. The highest BCUT2D eigenvalue weighted by Gasteiger charge is 2.18. The van der Waals surface area contributed by atoms with E-state index in [1.807, 2.05) is 13.1 Å². The Hall–Kier alpha value is -1.26. The predicted molar refractivity (Wildman–Crippen MR) is 86.2 cm³/mol. The number of hydrogen-bond donors (Lipinski definition) is 1. The van der Waals surface area contributed by atoms with Crippen LogP contribution < -0.4 is 14.8 Å². The van der Waals surface area contributed by atoms with Crippen LogP contribution in [0.15, 0.2) is 18.2 Å². The number of hydrogen-bond acceptors (Lipinski definition) is 4. The van der Waals surface area contributed by atoms with Crippen molar-refractivity contribution in [1.82, 2.24) is 10.2 Å². The maximum Gasteiger partial charge on any atom is 0.161 e. The van der Waals surface area contributed by atoms with Gasteiger partial charge in [0.15, 0.2) is 11.5 Å². The van der Waals surface area contributed by atoms with Crippen molar-refractivity contribution >= 4 is 0 Å². The second-order valence-corrected chi connectivity index (χ2v) is 5.79. The number of rotatable bonds is 6. The summed E-state index contributed by atoms with van der Waals surface area (Å²) in [6.45, 7) is 6.93. The Kier molecular flexibility index (Phi) is 5.88. The lowest BCUT2D eigenvalue weighted by atomic mass is 10.0. The Morgan fingerprint density at radius 3 is 2.62 bits per heavy atom. The minimum absolute atomic E-state index is 0.293. The molecule has 21 heavy (non-hydrogen) atoms. The number of benzene rings is 1. The lowest BCUT2D eigenvalue weighted by Crippen LogP contribution is -2.36. The van der Waals surface area contributed by atoms with Crippen molar-refractivity contribution in [2.24, 2.45) is 0 Å². The van der Waals surface area contributed by atoms with Gasteiger partial charge in [0.2, 0.25) is 0 Å². The van der Waals surface area contributed by atoms with Gasteiger partial charge in [-0.05, 0) is 45.1 Å². The van der Waals surface area contributed by atoms with Gasteiger partial charge >= 0.3 is 0 Å². The van der Waals surface area contributed by atoms with E-state index in [2.05, 4.69) is 43.2 Å². The SMILES string of the molecule is CCC(C)N(C)CC(NC)c1ccc2c(c1)OCCCO2. The summed E-state index contributed by atoms with van der Waals surface area (Å²) in [7, 11) is 4.19. The molecule has 1 aliphatic heterocycles. The summed E-state index contributed by atoms with van der Waals surface area (Å²) in [6.07, 6.45) is 2.10. The third-order valence-corrected chi connectivity index (χ3v) is 4.34. The lowest BCUT2D eigenvalue weighted by Gasteiger charge is -2.28. The third-order valence-electron chi connectivity index (χ3n) is 4.34. The fourth-order valence-corrected chi connectivity index (χ4v) is 2.54. The zero-order chi connectivity index (χ0) is 15.2. The minimum atomic E-state index is 0.293. The molecule has 2 atom stereocenters. The largest absolute Gasteiger partial charge is 0.490 e. The van der Waals surface area contributed by atoms with Crippen LogP contribution in [0.4, 0.5) is 0 Å². The summed E-state index contributed by atoms with van der Waals surface area (Å²) in [5, 5.41) is 3.41. The monoisotopic (exact) mass is 292 g/mol. The van der Waals surface area contributed by atoms with E-state index < -0.39 is 0 Å². The van der Waals surface area contributed by atoms with Gasteiger partial charge in [0.05, 0.1) is 13.2 Å². The standard InChI is InChI=1S/C17H28N2O2/c1-5-13(2)19(4)12-15(18-3)14-7-8-16-17(11-14)21-10-6-9-20-16/h7-8,11,13,15,18H,5-6,9-10,12H2,1-4H3. The maximum atomic E-state index is 5.79. The highest BCUT2D eigenvalue weighted by Crippen LogP contribution is 2.32. The Morgan fingerprint density at radius 1 is 1.24 bits per heavy atom. The molecule has 1 aromatic rings. The zero-order valence-corrected chi connectivity index (χ0v) is 13.7. The number of nitrogens with zero attached hydrogens (tertiary/aromatic N) is 1. The van der Waals surface area contributed by atoms with Crippen LogP contribution in [-0.4, -0.2) is 44.8 Å². The highest BCUT2D eigenvalue weighted by molar-refractivity contribution is 5.44. The average Bonchev–Trinajstić information content (AvgIpc) is 2.75. The van der Waals surface area contributed by atoms with E-state index in [9.17, 15) is 0 Å². The summed E-state index contributed by atoms with van der Waals surface area (Å²) >= 11 is 0. The van der Waals surface area contributed by atoms with Gasteiger partial charge in [-0.15, -0.1) is 0 Å². The van der Waals surface area contributed by atoms with Gasteiger partial charge in [-0.3, -0.25) is 0 Å². The molecule has 0 aromatic heterocycles. The van der Waals surface area contributed by atoms with Crippen molar-refractivity contribution in [1.29, 1.82) is 0 Å². The molecule has 2 rings (SSSR count). The summed E-state index contributed by atoms with van der Waals surface area (Å²) in [5.41, 5.74) is 1.25. The van der Waals surface area contributed by atoms with Crippen LogP contribution in [0.2, 0.25) is 0 Å². The Balaban J connectivity index is 2.13. The second kappa shape index (κ2) is 7.66. The predicted octanol–water partition coefficient (Wildman–Crippen LogP) is 2.84. The molecule has 0 fully saturated rings. The number of ether oxygens (including phenoxy) is 2. The van der Waals surface area contributed by atoms with Crippen LogP contribution >= 0.6 is 0 Å². The topological polar surface area (TPSA) is 33.7 Å². The van der Waals surface area contributed by atoms with E-state index in [0.29, 0.717) is 12.1 Å². The van der Waals surface area contributed by atoms with E-state index in [-0.39, 0.29) is 0 Å². The molecule has 0 spiro atoms. The second-order valence-electron chi connectivity index (χ2n) is 5.79. The van der Waals surface area contributed by atoms with Gasteiger partial charge < -0.3 is 19.7 Å². The maximum absolute atomic E-state index is 5.79. The Morgan fingerprint density at radius 2 is 1.95 bits per heavy atom. The molecule has 1 aromatic carbocycles. The van der Waals surface area contributed by atoms with Crippen LogP contribution in [0.3, 0.4) is 0 Å². The van der Waals surface area contributed by atoms with Gasteiger partial charge in [0.1, 0.15) is 0 Å². The van der Waals surface area contributed by atoms with Crippen LogP contribution in [0, 0.1) is 0 Å². The van der Waals surface area contributed by atoms with Gasteiger partial charge in [0.25, 0.3) is 0 Å². The summed E-state index contributed by atoms with van der Waals surface area (Å²) in [4.78, 5) is 2.39. The molecule has 4 heteroatoms. The van der Waals surface area contributed by atoms with Crippen LogP contribution in [0.5, 0.6) is 11.5 Å². The van der Waals surface area contributed by atoms with Crippen molar-refractivity contribution in [3.63, 3.8) is 0 Å². The van der Waals surface area contributed by atoms with Crippen molar-refractivity contribution < 1.29 is 9.47 Å². The molecule has 0 aliphatic carbocycles. The van der Waals surface area contributed by atoms with Gasteiger partial charge in [0, 0.05) is 25.0 Å². The molecule has 4 nitrogen and oxygen atoms in total. The molecular weight excluding hydrogens is 264 g/mol. The molecule has 0 saturated carbocycles. The smallest absolute Gasteiger partial charge is 0.161 e. The molecule has 1 aliphatic rings. The summed E-state index contributed by atoms with van der Waals surface area (Å²) in [6, 6.07) is 7.16.